The molecule has 0 bridgehead atoms. The first kappa shape index (κ1) is 27.4. The normalized spacial score (nSPS) is 10.7. The fourth-order valence-corrected chi connectivity index (χ4v) is 5.22. The van der Waals surface area contributed by atoms with Gasteiger partial charge in [0.1, 0.15) is 11.5 Å². The Hall–Kier alpha value is -1.88. The summed E-state index contributed by atoms with van der Waals surface area (Å²) in [5.74, 6) is 1.79. The molecule has 0 radical (unpaired) electrons. The number of aryl methyl sites for hydroxylation is 2. The molecule has 2 aromatic rings. The van der Waals surface area contributed by atoms with Gasteiger partial charge in [-0.05, 0) is 74.2 Å². The molecule has 0 aromatic heterocycles. The summed E-state index contributed by atoms with van der Waals surface area (Å²) in [5.41, 5.74) is 11.8. The molecule has 2 rings (SSSR count). The van der Waals surface area contributed by atoms with Gasteiger partial charge in [-0.15, -0.1) is 0 Å². The van der Waals surface area contributed by atoms with Crippen LogP contribution in [0.15, 0.2) is 46.2 Å². The van der Waals surface area contributed by atoms with Crippen LogP contribution in [-0.4, -0.2) is 22.4 Å². The predicted octanol–water partition coefficient (Wildman–Crippen LogP) is 8.69. The van der Waals surface area contributed by atoms with Gasteiger partial charge < -0.3 is 15.0 Å². The Morgan fingerprint density at radius 1 is 0.727 bits per heavy atom. The van der Waals surface area contributed by atoms with Crippen molar-refractivity contribution >= 4 is 27.9 Å². The Balaban J connectivity index is 1.90. The lowest BCUT2D eigenvalue weighted by atomic mass is 10.2. The minimum atomic E-state index is 0.586. The largest absolute Gasteiger partial charge is 0.494 e. The third kappa shape index (κ3) is 10.3. The molecule has 0 aliphatic rings. The molecule has 2 aromatic carbocycles. The van der Waals surface area contributed by atoms with E-state index in [1.54, 1.807) is 0 Å². The van der Waals surface area contributed by atoms with Gasteiger partial charge >= 0.3 is 4.38 Å². The summed E-state index contributed by atoms with van der Waals surface area (Å²) in [6.45, 7) is 10.0. The fourth-order valence-electron chi connectivity index (χ4n) is 3.34. The summed E-state index contributed by atoms with van der Waals surface area (Å²) in [6, 6.07) is 12.2. The van der Waals surface area contributed by atoms with Crippen molar-refractivity contribution in [3.05, 3.63) is 53.1 Å². The topological polar surface area (TPSA) is 54.9 Å². The molecule has 0 fully saturated rings. The molecule has 0 saturated carbocycles. The van der Waals surface area contributed by atoms with Crippen LogP contribution in [0.1, 0.15) is 76.3 Å². The summed E-state index contributed by atoms with van der Waals surface area (Å²) < 4.78 is 12.4. The van der Waals surface area contributed by atoms with Gasteiger partial charge in [0, 0.05) is 33.3 Å². The highest BCUT2D eigenvalue weighted by Gasteiger charge is 2.17. The maximum absolute atomic E-state index is 9.61. The highest BCUT2D eigenvalue weighted by atomic mass is 32.2. The molecule has 180 valence electrons. The second-order valence-electron chi connectivity index (χ2n) is 8.24. The second kappa shape index (κ2) is 15.9. The van der Waals surface area contributed by atoms with E-state index in [1.165, 1.54) is 62.0 Å². The molecule has 0 amide bonds. The van der Waals surface area contributed by atoms with Crippen LogP contribution in [0.3, 0.4) is 0 Å². The maximum Gasteiger partial charge on any atom is 0.393 e. The van der Waals surface area contributed by atoms with Crippen molar-refractivity contribution in [2.45, 2.75) is 88.9 Å². The van der Waals surface area contributed by atoms with Crippen molar-refractivity contribution in [2.75, 3.05) is 13.2 Å². The molecule has 0 aliphatic heterocycles. The molecular weight excluding hydrogens is 448 g/mol. The van der Waals surface area contributed by atoms with Gasteiger partial charge in [-0.1, -0.05) is 52.4 Å². The Bertz CT molecular complexity index is 843. The third-order valence-electron chi connectivity index (χ3n) is 5.30. The van der Waals surface area contributed by atoms with Crippen LogP contribution in [0.4, 0.5) is 0 Å². The van der Waals surface area contributed by atoms with E-state index in [4.69, 9.17) is 9.47 Å². The first-order chi connectivity index (χ1) is 16.1. The van der Waals surface area contributed by atoms with E-state index in [0.717, 1.165) is 58.5 Å². The number of unbranched alkanes of at least 4 members (excludes halogenated alkanes) is 6. The zero-order valence-corrected chi connectivity index (χ0v) is 22.2. The molecule has 0 aliphatic carbocycles. The van der Waals surface area contributed by atoms with Crippen LogP contribution in [-0.2, 0) is 0 Å². The van der Waals surface area contributed by atoms with E-state index in [2.05, 4.69) is 44.6 Å². The third-order valence-corrected chi connectivity index (χ3v) is 7.67. The molecule has 4 nitrogen and oxygen atoms in total. The van der Waals surface area contributed by atoms with Crippen molar-refractivity contribution in [2.24, 2.45) is 0 Å². The first-order valence-corrected chi connectivity index (χ1v) is 13.7. The standard InChI is InChI=1S/C27H38N2O2S2/c1-5-7-9-11-17-30-23-13-15-25(21(3)19-23)32-27(29-28)33-26-16-14-24(20-22(26)4)31-18-12-10-8-6-2/h13-16,19-20H,5-12,17-18H2,1-4H3. The van der Waals surface area contributed by atoms with Crippen LogP contribution in [0.25, 0.3) is 5.53 Å². The van der Waals surface area contributed by atoms with Gasteiger partial charge in [0.15, 0.2) is 0 Å². The Labute approximate surface area is 208 Å². The number of rotatable bonds is 14. The SMILES string of the molecule is CCCCCCOc1ccc(SC(=[N+]=[N-])Sc2ccc(OCCCCCC)cc2C)c(C)c1. The molecule has 0 heterocycles. The van der Waals surface area contributed by atoms with E-state index in [0.29, 0.717) is 4.38 Å². The summed E-state index contributed by atoms with van der Waals surface area (Å²) in [4.78, 5) is 5.65. The van der Waals surface area contributed by atoms with Crippen LogP contribution in [0.5, 0.6) is 11.5 Å². The molecule has 6 heteroatoms. The van der Waals surface area contributed by atoms with Gasteiger partial charge in [0.25, 0.3) is 0 Å². The van der Waals surface area contributed by atoms with E-state index >= 15 is 0 Å². The molecule has 33 heavy (non-hydrogen) atoms. The molecule has 0 N–H and O–H groups in total. The molecule has 0 atom stereocenters. The Kier molecular flexibility index (Phi) is 13.2. The number of hydrogen-bond donors (Lipinski definition) is 0. The van der Waals surface area contributed by atoms with Crippen molar-refractivity contribution < 1.29 is 14.3 Å². The number of hydrogen-bond acceptors (Lipinski definition) is 4. The summed E-state index contributed by atoms with van der Waals surface area (Å²) in [6.07, 6.45) is 9.57. The highest BCUT2D eigenvalue weighted by molar-refractivity contribution is 8.38. The van der Waals surface area contributed by atoms with Gasteiger partial charge in [-0.25, -0.2) is 0 Å². The zero-order chi connectivity index (χ0) is 23.9. The summed E-state index contributed by atoms with van der Waals surface area (Å²) >= 11 is 2.93. The second-order valence-corrected chi connectivity index (χ2v) is 10.6. The molecule has 0 saturated heterocycles. The highest BCUT2D eigenvalue weighted by Crippen LogP contribution is 2.35. The maximum atomic E-state index is 9.61. The average molecular weight is 487 g/mol. The quantitative estimate of drug-likeness (QED) is 0.0669. The van der Waals surface area contributed by atoms with Gasteiger partial charge in [-0.2, -0.15) is 4.79 Å². The number of benzene rings is 2. The first-order valence-electron chi connectivity index (χ1n) is 12.1. The van der Waals surface area contributed by atoms with Crippen molar-refractivity contribution in [3.8, 4) is 11.5 Å². The molecule has 0 spiro atoms. The minimum Gasteiger partial charge on any atom is -0.494 e. The number of nitrogens with zero attached hydrogens (tertiary/aromatic N) is 2. The predicted molar refractivity (Wildman–Crippen MR) is 142 cm³/mol. The van der Waals surface area contributed by atoms with Crippen molar-refractivity contribution in [3.63, 3.8) is 0 Å². The van der Waals surface area contributed by atoms with E-state index in [9.17, 15) is 5.53 Å². The van der Waals surface area contributed by atoms with Gasteiger partial charge in [0.2, 0.25) is 0 Å². The number of thioether (sulfide) groups is 2. The molecular formula is C27H38N2O2S2. The monoisotopic (exact) mass is 486 g/mol. The average Bonchev–Trinajstić information content (AvgIpc) is 2.81. The van der Waals surface area contributed by atoms with Crippen LogP contribution in [0, 0.1) is 13.8 Å². The van der Waals surface area contributed by atoms with Crippen molar-refractivity contribution in [1.29, 1.82) is 0 Å². The van der Waals surface area contributed by atoms with Crippen molar-refractivity contribution in [1.82, 2.24) is 0 Å². The van der Waals surface area contributed by atoms with E-state index in [1.807, 2.05) is 24.3 Å². The summed E-state index contributed by atoms with van der Waals surface area (Å²) in [7, 11) is 0. The zero-order valence-electron chi connectivity index (χ0n) is 20.6. The summed E-state index contributed by atoms with van der Waals surface area (Å²) in [5, 5.41) is 0. The molecule has 0 unspecified atom stereocenters. The van der Waals surface area contributed by atoms with Crippen LogP contribution < -0.4 is 9.47 Å². The Morgan fingerprint density at radius 3 is 1.55 bits per heavy atom. The van der Waals surface area contributed by atoms with Gasteiger partial charge in [0.05, 0.1) is 13.2 Å². The Morgan fingerprint density at radius 2 is 1.18 bits per heavy atom. The number of ether oxygens (including phenoxy) is 2. The van der Waals surface area contributed by atoms with E-state index < -0.39 is 0 Å². The lowest BCUT2D eigenvalue weighted by Crippen LogP contribution is -1.98. The van der Waals surface area contributed by atoms with E-state index in [-0.39, 0.29) is 0 Å². The fraction of sp³-hybridized carbons (Fsp3) is 0.519. The lowest BCUT2D eigenvalue weighted by Gasteiger charge is -2.10. The van der Waals surface area contributed by atoms with Gasteiger partial charge in [-0.3, -0.25) is 0 Å². The minimum absolute atomic E-state index is 0.586. The van der Waals surface area contributed by atoms with Crippen LogP contribution >= 0.6 is 23.5 Å². The smallest absolute Gasteiger partial charge is 0.393 e. The van der Waals surface area contributed by atoms with Crippen LogP contribution in [0.2, 0.25) is 0 Å². The lowest BCUT2D eigenvalue weighted by molar-refractivity contribution is 0.00551.